The fraction of sp³-hybridized carbons (Fsp3) is 0.100. The normalized spacial score (nSPS) is 10.2. The van der Waals surface area contributed by atoms with Gasteiger partial charge in [0.25, 0.3) is 0 Å². The second-order valence-corrected chi connectivity index (χ2v) is 4.10. The summed E-state index contributed by atoms with van der Waals surface area (Å²) in [4.78, 5) is 12.0. The van der Waals surface area contributed by atoms with Crippen molar-refractivity contribution in [2.45, 2.75) is 6.92 Å². The molecule has 0 spiro atoms. The number of nitrogens with one attached hydrogen (secondary N) is 1. The molecule has 2 aromatic rings. The fourth-order valence-corrected chi connectivity index (χ4v) is 1.69. The highest BCUT2D eigenvalue weighted by atomic mass is 35.5. The van der Waals surface area contributed by atoms with Crippen molar-refractivity contribution < 1.29 is 0 Å². The van der Waals surface area contributed by atoms with Crippen molar-refractivity contribution >= 4 is 38.7 Å². The van der Waals surface area contributed by atoms with E-state index in [4.69, 9.17) is 11.6 Å². The Bertz CT molecular complexity index is 498. The van der Waals surface area contributed by atoms with Gasteiger partial charge >= 0.3 is 0 Å². The van der Waals surface area contributed by atoms with Crippen LogP contribution in [0.4, 0.5) is 11.6 Å². The molecule has 3 radical (unpaired) electrons. The number of hydrogen-bond donors (Lipinski definition) is 1. The third-order valence-corrected chi connectivity index (χ3v) is 2.32. The molecule has 1 heterocycles. The Hall–Kier alpha value is -1.46. The minimum Gasteiger partial charge on any atom is -0.324 e. The Morgan fingerprint density at radius 1 is 1.25 bits per heavy atom. The molecule has 0 saturated carbocycles. The first-order valence-electron chi connectivity index (χ1n) is 4.60. The van der Waals surface area contributed by atoms with Crippen molar-refractivity contribution in [3.05, 3.63) is 35.4 Å². The van der Waals surface area contributed by atoms with Crippen LogP contribution in [0.2, 0.25) is 5.28 Å². The molecule has 4 nitrogen and oxygen atoms in total. The minimum atomic E-state index is 0.185. The Morgan fingerprint density at radius 2 is 2.06 bits per heavy atom. The van der Waals surface area contributed by atoms with Crippen molar-refractivity contribution in [1.82, 2.24) is 15.0 Å². The second-order valence-electron chi connectivity index (χ2n) is 3.18. The maximum absolute atomic E-state index is 5.74. The summed E-state index contributed by atoms with van der Waals surface area (Å²) >= 11 is 5.74. The van der Waals surface area contributed by atoms with Gasteiger partial charge in [0.15, 0.2) is 0 Å². The highest BCUT2D eigenvalue weighted by Gasteiger charge is 2.02. The summed E-state index contributed by atoms with van der Waals surface area (Å²) in [5.41, 5.74) is 0.883. The molecule has 2 rings (SSSR count). The number of benzene rings is 1. The Morgan fingerprint density at radius 3 is 2.75 bits per heavy atom. The Labute approximate surface area is 102 Å². The SMILES string of the molecule is Cc1nc(Cl)nc(Nc2cccc([Si])c2)n1. The molecule has 0 aliphatic heterocycles. The summed E-state index contributed by atoms with van der Waals surface area (Å²) < 4.78 is 0. The zero-order valence-electron chi connectivity index (χ0n) is 8.53. The highest BCUT2D eigenvalue weighted by Crippen LogP contribution is 2.12. The first-order valence-corrected chi connectivity index (χ1v) is 5.48. The fourth-order valence-electron chi connectivity index (χ4n) is 1.23. The first kappa shape index (κ1) is 11.0. The molecule has 0 fully saturated rings. The smallest absolute Gasteiger partial charge is 0.231 e. The molecule has 1 aromatic heterocycles. The van der Waals surface area contributed by atoms with E-state index in [2.05, 4.69) is 30.5 Å². The zero-order chi connectivity index (χ0) is 11.5. The molecule has 1 aromatic carbocycles. The first-order chi connectivity index (χ1) is 7.63. The summed E-state index contributed by atoms with van der Waals surface area (Å²) in [7, 11) is 3.44. The lowest BCUT2D eigenvalue weighted by molar-refractivity contribution is 0.983. The number of rotatable bonds is 2. The molecule has 0 amide bonds. The molecule has 0 unspecified atom stereocenters. The van der Waals surface area contributed by atoms with Crippen molar-refractivity contribution in [1.29, 1.82) is 0 Å². The molecular formula is C10H8ClN4Si. The van der Waals surface area contributed by atoms with Crippen LogP contribution in [-0.4, -0.2) is 25.2 Å². The predicted octanol–water partition coefficient (Wildman–Crippen LogP) is 1.37. The standard InChI is InChI=1S/C10H8ClN4Si/c1-6-12-9(11)15-10(13-6)14-7-3-2-4-8(16)5-7/h2-5H,1H3,(H,12,13,14,15). The molecule has 1 N–H and O–H groups in total. The molecule has 0 atom stereocenters. The lowest BCUT2D eigenvalue weighted by Gasteiger charge is -2.05. The van der Waals surface area contributed by atoms with E-state index in [-0.39, 0.29) is 5.28 Å². The molecule has 0 aliphatic rings. The number of hydrogen-bond acceptors (Lipinski definition) is 4. The maximum atomic E-state index is 5.74. The van der Waals surface area contributed by atoms with Gasteiger partial charge in [0, 0.05) is 5.69 Å². The Balaban J connectivity index is 2.27. The average molecular weight is 248 g/mol. The van der Waals surface area contributed by atoms with Gasteiger partial charge in [-0.3, -0.25) is 0 Å². The van der Waals surface area contributed by atoms with Crippen molar-refractivity contribution in [2.24, 2.45) is 0 Å². The lowest BCUT2D eigenvalue weighted by atomic mass is 10.3. The van der Waals surface area contributed by atoms with E-state index in [0.29, 0.717) is 11.8 Å². The summed E-state index contributed by atoms with van der Waals surface area (Å²) in [6.07, 6.45) is 0. The number of anilines is 2. The molecule has 0 bridgehead atoms. The van der Waals surface area contributed by atoms with E-state index >= 15 is 0 Å². The molecule has 6 heteroatoms. The van der Waals surface area contributed by atoms with E-state index in [1.54, 1.807) is 6.92 Å². The van der Waals surface area contributed by atoms with E-state index in [1.807, 2.05) is 24.3 Å². The third kappa shape index (κ3) is 2.77. The maximum Gasteiger partial charge on any atom is 0.231 e. The van der Waals surface area contributed by atoms with Crippen molar-refractivity contribution in [3.8, 4) is 0 Å². The summed E-state index contributed by atoms with van der Waals surface area (Å²) in [6, 6.07) is 7.69. The van der Waals surface area contributed by atoms with Crippen LogP contribution in [0.5, 0.6) is 0 Å². The Kier molecular flexibility index (Phi) is 3.16. The average Bonchev–Trinajstić information content (AvgIpc) is 2.15. The number of aryl methyl sites for hydroxylation is 1. The van der Waals surface area contributed by atoms with E-state index in [1.165, 1.54) is 0 Å². The van der Waals surface area contributed by atoms with Crippen LogP contribution >= 0.6 is 11.6 Å². The van der Waals surface area contributed by atoms with Gasteiger partial charge in [0.2, 0.25) is 11.2 Å². The van der Waals surface area contributed by atoms with Gasteiger partial charge in [-0.25, -0.2) is 4.98 Å². The van der Waals surface area contributed by atoms with E-state index in [9.17, 15) is 0 Å². The van der Waals surface area contributed by atoms with Crippen LogP contribution < -0.4 is 10.5 Å². The molecule has 16 heavy (non-hydrogen) atoms. The van der Waals surface area contributed by atoms with Crippen molar-refractivity contribution in [3.63, 3.8) is 0 Å². The van der Waals surface area contributed by atoms with Crippen molar-refractivity contribution in [2.75, 3.05) is 5.32 Å². The quantitative estimate of drug-likeness (QED) is 0.815. The van der Waals surface area contributed by atoms with E-state index in [0.717, 1.165) is 10.9 Å². The largest absolute Gasteiger partial charge is 0.324 e. The zero-order valence-corrected chi connectivity index (χ0v) is 10.3. The van der Waals surface area contributed by atoms with Crippen LogP contribution in [-0.2, 0) is 0 Å². The second kappa shape index (κ2) is 4.59. The third-order valence-electron chi connectivity index (χ3n) is 1.84. The minimum absolute atomic E-state index is 0.185. The van der Waals surface area contributed by atoms with Crippen LogP contribution in [0.15, 0.2) is 24.3 Å². The van der Waals surface area contributed by atoms with E-state index < -0.39 is 0 Å². The van der Waals surface area contributed by atoms with Gasteiger partial charge in [-0.15, -0.1) is 0 Å². The van der Waals surface area contributed by atoms with Gasteiger partial charge in [0.05, 0.1) is 10.2 Å². The monoisotopic (exact) mass is 247 g/mol. The number of halogens is 1. The highest BCUT2D eigenvalue weighted by molar-refractivity contribution is 6.32. The summed E-state index contributed by atoms with van der Waals surface area (Å²) in [6.45, 7) is 1.76. The molecule has 0 aliphatic carbocycles. The topological polar surface area (TPSA) is 50.7 Å². The number of nitrogens with zero attached hydrogens (tertiary/aromatic N) is 3. The van der Waals surface area contributed by atoms with Gasteiger partial charge in [-0.05, 0) is 30.7 Å². The molecular weight excluding hydrogens is 240 g/mol. The van der Waals surface area contributed by atoms with Gasteiger partial charge < -0.3 is 5.32 Å². The van der Waals surface area contributed by atoms with Crippen LogP contribution in [0, 0.1) is 6.92 Å². The van der Waals surface area contributed by atoms with Gasteiger partial charge in [-0.1, -0.05) is 17.3 Å². The summed E-state index contributed by atoms with van der Waals surface area (Å²) in [5.74, 6) is 1.02. The van der Waals surface area contributed by atoms with Gasteiger partial charge in [-0.2, -0.15) is 9.97 Å². The summed E-state index contributed by atoms with van der Waals surface area (Å²) in [5, 5.41) is 4.21. The van der Waals surface area contributed by atoms with Crippen LogP contribution in [0.1, 0.15) is 5.82 Å². The van der Waals surface area contributed by atoms with Gasteiger partial charge in [0.1, 0.15) is 5.82 Å². The molecule has 79 valence electrons. The van der Waals surface area contributed by atoms with Crippen LogP contribution in [0.25, 0.3) is 0 Å². The molecule has 0 saturated heterocycles. The van der Waals surface area contributed by atoms with Crippen LogP contribution in [0.3, 0.4) is 0 Å². The number of aromatic nitrogens is 3. The predicted molar refractivity (Wildman–Crippen MR) is 64.7 cm³/mol. The lowest BCUT2D eigenvalue weighted by Crippen LogP contribution is -2.05.